The van der Waals surface area contributed by atoms with Gasteiger partial charge in [0.05, 0.1) is 4.90 Å². The van der Waals surface area contributed by atoms with Crippen molar-refractivity contribution in [3.8, 4) is 0 Å². The number of hydrogen-bond donors (Lipinski definition) is 0. The van der Waals surface area contributed by atoms with Gasteiger partial charge in [-0.15, -0.1) is 0 Å². The van der Waals surface area contributed by atoms with Gasteiger partial charge in [0, 0.05) is 18.1 Å². The standard InChI is InChI=1S/C12H16ClNO2S/c1-10-5-6-11(9-12(10)13)17(15,16)14-7-3-2-4-8-14/h5-6,9H,2-4,7-8H2,1H3. The lowest BCUT2D eigenvalue weighted by molar-refractivity contribution is 0.346. The Morgan fingerprint density at radius 3 is 2.41 bits per heavy atom. The van der Waals surface area contributed by atoms with Gasteiger partial charge < -0.3 is 0 Å². The first kappa shape index (κ1) is 12.9. The first-order chi connectivity index (χ1) is 8.01. The smallest absolute Gasteiger partial charge is 0.207 e. The van der Waals surface area contributed by atoms with Crippen molar-refractivity contribution < 1.29 is 8.42 Å². The summed E-state index contributed by atoms with van der Waals surface area (Å²) in [6, 6.07) is 4.92. The quantitative estimate of drug-likeness (QED) is 0.831. The normalized spacial score (nSPS) is 18.2. The van der Waals surface area contributed by atoms with Gasteiger partial charge in [-0.2, -0.15) is 4.31 Å². The molecule has 1 aromatic carbocycles. The number of sulfonamides is 1. The molecular formula is C12H16ClNO2S. The minimum absolute atomic E-state index is 0.301. The van der Waals surface area contributed by atoms with Crippen LogP contribution in [-0.4, -0.2) is 25.8 Å². The van der Waals surface area contributed by atoms with Crippen molar-refractivity contribution in [1.82, 2.24) is 4.31 Å². The summed E-state index contributed by atoms with van der Waals surface area (Å²) >= 11 is 5.98. The van der Waals surface area contributed by atoms with Crippen LogP contribution >= 0.6 is 11.6 Å². The predicted octanol–water partition coefficient (Wildman–Crippen LogP) is 2.82. The maximum absolute atomic E-state index is 12.3. The van der Waals surface area contributed by atoms with Gasteiger partial charge in [-0.05, 0) is 37.5 Å². The molecule has 0 radical (unpaired) electrons. The number of nitrogens with zero attached hydrogens (tertiary/aromatic N) is 1. The Kier molecular flexibility index (Phi) is 3.76. The van der Waals surface area contributed by atoms with E-state index in [-0.39, 0.29) is 0 Å². The van der Waals surface area contributed by atoms with Gasteiger partial charge >= 0.3 is 0 Å². The van der Waals surface area contributed by atoms with Gasteiger partial charge in [0.2, 0.25) is 10.0 Å². The maximum Gasteiger partial charge on any atom is 0.243 e. The topological polar surface area (TPSA) is 37.4 Å². The fourth-order valence-electron chi connectivity index (χ4n) is 1.99. The van der Waals surface area contributed by atoms with Crippen molar-refractivity contribution in [1.29, 1.82) is 0 Å². The van der Waals surface area contributed by atoms with Crippen LogP contribution < -0.4 is 0 Å². The fraction of sp³-hybridized carbons (Fsp3) is 0.500. The molecule has 5 heteroatoms. The lowest BCUT2D eigenvalue weighted by atomic mass is 10.2. The van der Waals surface area contributed by atoms with Crippen molar-refractivity contribution in [3.05, 3.63) is 28.8 Å². The highest BCUT2D eigenvalue weighted by molar-refractivity contribution is 7.89. The highest BCUT2D eigenvalue weighted by Crippen LogP contribution is 2.24. The second-order valence-corrected chi connectivity index (χ2v) is 6.72. The molecule has 0 atom stereocenters. The Labute approximate surface area is 107 Å². The Bertz CT molecular complexity index is 507. The SMILES string of the molecule is Cc1ccc(S(=O)(=O)N2CCCCC2)cc1Cl. The van der Waals surface area contributed by atoms with E-state index >= 15 is 0 Å². The van der Waals surface area contributed by atoms with E-state index in [1.807, 2.05) is 6.92 Å². The third-order valence-corrected chi connectivity index (χ3v) is 5.40. The molecule has 1 aliphatic heterocycles. The fourth-order valence-corrected chi connectivity index (χ4v) is 3.78. The summed E-state index contributed by atoms with van der Waals surface area (Å²) in [7, 11) is -3.35. The van der Waals surface area contributed by atoms with E-state index < -0.39 is 10.0 Å². The van der Waals surface area contributed by atoms with Crippen molar-refractivity contribution >= 4 is 21.6 Å². The van der Waals surface area contributed by atoms with Gasteiger partial charge in [-0.1, -0.05) is 24.1 Å². The van der Waals surface area contributed by atoms with Crippen LogP contribution in [0.25, 0.3) is 0 Å². The second kappa shape index (κ2) is 4.96. The average Bonchev–Trinajstić information content (AvgIpc) is 2.33. The van der Waals surface area contributed by atoms with Crippen LogP contribution in [0.1, 0.15) is 24.8 Å². The van der Waals surface area contributed by atoms with Crippen LogP contribution in [0.15, 0.2) is 23.1 Å². The molecule has 1 fully saturated rings. The van der Waals surface area contributed by atoms with E-state index in [4.69, 9.17) is 11.6 Å². The molecule has 2 rings (SSSR count). The number of piperidine rings is 1. The lowest BCUT2D eigenvalue weighted by Crippen LogP contribution is -2.35. The number of halogens is 1. The number of hydrogen-bond acceptors (Lipinski definition) is 2. The van der Waals surface area contributed by atoms with E-state index in [1.165, 1.54) is 0 Å². The zero-order valence-electron chi connectivity index (χ0n) is 9.82. The predicted molar refractivity (Wildman–Crippen MR) is 68.8 cm³/mol. The van der Waals surface area contributed by atoms with Crippen molar-refractivity contribution in [2.45, 2.75) is 31.1 Å². The van der Waals surface area contributed by atoms with E-state index in [1.54, 1.807) is 22.5 Å². The molecule has 0 aliphatic carbocycles. The molecule has 1 aliphatic rings. The van der Waals surface area contributed by atoms with E-state index in [0.717, 1.165) is 24.8 Å². The molecule has 17 heavy (non-hydrogen) atoms. The van der Waals surface area contributed by atoms with Crippen LogP contribution in [0, 0.1) is 6.92 Å². The zero-order chi connectivity index (χ0) is 12.5. The van der Waals surface area contributed by atoms with Crippen molar-refractivity contribution in [3.63, 3.8) is 0 Å². The molecule has 0 bridgehead atoms. The molecule has 3 nitrogen and oxygen atoms in total. The van der Waals surface area contributed by atoms with Crippen LogP contribution in [0.2, 0.25) is 5.02 Å². The zero-order valence-corrected chi connectivity index (χ0v) is 11.4. The Morgan fingerprint density at radius 2 is 1.82 bits per heavy atom. The average molecular weight is 274 g/mol. The molecule has 0 aromatic heterocycles. The van der Waals surface area contributed by atoms with Gasteiger partial charge in [-0.25, -0.2) is 8.42 Å². The molecule has 0 amide bonds. The number of rotatable bonds is 2. The minimum atomic E-state index is -3.35. The van der Waals surface area contributed by atoms with Crippen LogP contribution in [0.5, 0.6) is 0 Å². The lowest BCUT2D eigenvalue weighted by Gasteiger charge is -2.26. The van der Waals surface area contributed by atoms with Crippen LogP contribution in [-0.2, 0) is 10.0 Å². The highest BCUT2D eigenvalue weighted by atomic mass is 35.5. The Balaban J connectivity index is 2.33. The molecule has 1 aromatic rings. The molecule has 0 saturated carbocycles. The van der Waals surface area contributed by atoms with Gasteiger partial charge in [0.15, 0.2) is 0 Å². The maximum atomic E-state index is 12.3. The highest BCUT2D eigenvalue weighted by Gasteiger charge is 2.26. The molecule has 0 spiro atoms. The third kappa shape index (κ3) is 2.64. The monoisotopic (exact) mass is 273 g/mol. The molecule has 1 saturated heterocycles. The Hall–Kier alpha value is -0.580. The molecule has 0 N–H and O–H groups in total. The van der Waals surface area contributed by atoms with Crippen LogP contribution in [0.4, 0.5) is 0 Å². The summed E-state index contributed by atoms with van der Waals surface area (Å²) in [5.74, 6) is 0. The van der Waals surface area contributed by atoms with Gasteiger partial charge in [-0.3, -0.25) is 0 Å². The summed E-state index contributed by atoms with van der Waals surface area (Å²) in [6.45, 7) is 3.10. The Morgan fingerprint density at radius 1 is 1.18 bits per heavy atom. The van der Waals surface area contributed by atoms with E-state index in [9.17, 15) is 8.42 Å². The first-order valence-corrected chi connectivity index (χ1v) is 7.60. The van der Waals surface area contributed by atoms with Crippen molar-refractivity contribution in [2.75, 3.05) is 13.1 Å². The second-order valence-electron chi connectivity index (χ2n) is 4.38. The summed E-state index contributed by atoms with van der Waals surface area (Å²) in [4.78, 5) is 0.301. The van der Waals surface area contributed by atoms with Crippen molar-refractivity contribution in [2.24, 2.45) is 0 Å². The summed E-state index contributed by atoms with van der Waals surface area (Å²) in [6.07, 6.45) is 3.00. The number of benzene rings is 1. The van der Waals surface area contributed by atoms with Gasteiger partial charge in [0.25, 0.3) is 0 Å². The summed E-state index contributed by atoms with van der Waals surface area (Å²) < 4.78 is 26.2. The first-order valence-electron chi connectivity index (χ1n) is 5.78. The third-order valence-electron chi connectivity index (χ3n) is 3.10. The molecular weight excluding hydrogens is 258 g/mol. The largest absolute Gasteiger partial charge is 0.243 e. The minimum Gasteiger partial charge on any atom is -0.207 e. The molecule has 0 unspecified atom stereocenters. The van der Waals surface area contributed by atoms with Crippen LogP contribution in [0.3, 0.4) is 0 Å². The summed E-state index contributed by atoms with van der Waals surface area (Å²) in [5, 5.41) is 0.503. The van der Waals surface area contributed by atoms with Gasteiger partial charge in [0.1, 0.15) is 0 Å². The molecule has 1 heterocycles. The number of aryl methyl sites for hydroxylation is 1. The van der Waals surface area contributed by atoms with E-state index in [2.05, 4.69) is 0 Å². The summed E-state index contributed by atoms with van der Waals surface area (Å²) in [5.41, 5.74) is 0.893. The van der Waals surface area contributed by atoms with E-state index in [0.29, 0.717) is 23.0 Å². The molecule has 94 valence electrons.